The summed E-state index contributed by atoms with van der Waals surface area (Å²) in [6.07, 6.45) is 2.02. The summed E-state index contributed by atoms with van der Waals surface area (Å²) in [6, 6.07) is 10.3. The number of nitrogens with one attached hydrogen (secondary N) is 1. The van der Waals surface area contributed by atoms with Gasteiger partial charge in [-0.3, -0.25) is 9.59 Å². The van der Waals surface area contributed by atoms with Gasteiger partial charge in [0.05, 0.1) is 15.6 Å². The van der Waals surface area contributed by atoms with Crippen LogP contribution in [0.25, 0.3) is 11.3 Å². The summed E-state index contributed by atoms with van der Waals surface area (Å²) in [5.41, 5.74) is 2.48. The molecule has 2 heterocycles. The molecule has 1 saturated heterocycles. The van der Waals surface area contributed by atoms with Crippen LogP contribution in [0.4, 0.5) is 0 Å². The quantitative estimate of drug-likeness (QED) is 0.388. The van der Waals surface area contributed by atoms with Crippen molar-refractivity contribution in [2.45, 2.75) is 31.3 Å². The molecule has 2 aliphatic rings. The highest BCUT2D eigenvalue weighted by Crippen LogP contribution is 2.46. The predicted molar refractivity (Wildman–Crippen MR) is 127 cm³/mol. The van der Waals surface area contributed by atoms with Gasteiger partial charge in [-0.1, -0.05) is 52.1 Å². The van der Waals surface area contributed by atoms with Gasteiger partial charge in [0, 0.05) is 29.0 Å². The fourth-order valence-corrected chi connectivity index (χ4v) is 5.18. The molecule has 2 atom stereocenters. The average Bonchev–Trinajstić information content (AvgIpc) is 3.44. The van der Waals surface area contributed by atoms with Crippen molar-refractivity contribution in [3.05, 3.63) is 68.4 Å². The largest absolute Gasteiger partial charge is 0.489 e. The minimum Gasteiger partial charge on any atom is -0.489 e. The Morgan fingerprint density at radius 1 is 1.15 bits per heavy atom. The van der Waals surface area contributed by atoms with E-state index in [1.165, 1.54) is 0 Å². The molecule has 2 aromatic carbocycles. The minimum atomic E-state index is -1.18. The van der Waals surface area contributed by atoms with Crippen molar-refractivity contribution in [2.75, 3.05) is 6.54 Å². The van der Waals surface area contributed by atoms with Gasteiger partial charge in [-0.2, -0.15) is 0 Å². The zero-order valence-electron chi connectivity index (χ0n) is 17.7. The second kappa shape index (κ2) is 9.13. The third-order valence-electron chi connectivity index (χ3n) is 6.17. The molecule has 1 aromatic heterocycles. The normalized spacial score (nSPS) is 19.8. The Morgan fingerprint density at radius 2 is 1.88 bits per heavy atom. The number of hydrogen-bond acceptors (Lipinski definition) is 5. The van der Waals surface area contributed by atoms with E-state index in [2.05, 4.69) is 10.5 Å². The molecule has 1 aliphatic carbocycles. The number of benzene rings is 2. The van der Waals surface area contributed by atoms with Crippen LogP contribution in [0.5, 0.6) is 5.75 Å². The van der Waals surface area contributed by atoms with Crippen molar-refractivity contribution in [2.24, 2.45) is 5.92 Å². The first kappa shape index (κ1) is 23.0. The first-order valence-corrected chi connectivity index (χ1v) is 11.8. The standard InChI is InChI=1S/C24H19Cl3N2O5/c25-16-2-1-3-17(26)20(16)21-15(22(34-29-21)11-4-5-11)10-33-12-6-7-13(18(27)8-12)14-9-28-23(30)19(14)24(31)32/h1-3,6-8,11,14,19H,4-5,9-10H2,(H,28,30)(H,31,32). The number of aromatic nitrogens is 1. The molecule has 0 bridgehead atoms. The Kier molecular flexibility index (Phi) is 6.18. The molecule has 1 saturated carbocycles. The van der Waals surface area contributed by atoms with E-state index in [9.17, 15) is 14.7 Å². The van der Waals surface area contributed by atoms with Gasteiger partial charge in [0.1, 0.15) is 29.7 Å². The number of hydrogen-bond donors (Lipinski definition) is 2. The number of halogens is 3. The summed E-state index contributed by atoms with van der Waals surface area (Å²) in [7, 11) is 0. The van der Waals surface area contributed by atoms with Gasteiger partial charge in [0.25, 0.3) is 0 Å². The monoisotopic (exact) mass is 520 g/mol. The van der Waals surface area contributed by atoms with Crippen LogP contribution < -0.4 is 10.1 Å². The van der Waals surface area contributed by atoms with Crippen LogP contribution in [-0.4, -0.2) is 28.7 Å². The van der Waals surface area contributed by atoms with Crippen LogP contribution in [0.2, 0.25) is 15.1 Å². The smallest absolute Gasteiger partial charge is 0.316 e. The van der Waals surface area contributed by atoms with Crippen LogP contribution in [0.1, 0.15) is 41.6 Å². The molecule has 7 nitrogen and oxygen atoms in total. The number of carboxylic acids is 1. The number of carboxylic acid groups (broad SMARTS) is 1. The van der Waals surface area contributed by atoms with Crippen molar-refractivity contribution in [1.29, 1.82) is 0 Å². The highest BCUT2D eigenvalue weighted by molar-refractivity contribution is 6.39. The Hall–Kier alpha value is -2.74. The van der Waals surface area contributed by atoms with Crippen molar-refractivity contribution in [3.63, 3.8) is 0 Å². The first-order chi connectivity index (χ1) is 16.3. The average molecular weight is 522 g/mol. The lowest BCUT2D eigenvalue weighted by Crippen LogP contribution is -2.26. The summed E-state index contributed by atoms with van der Waals surface area (Å²) >= 11 is 19.3. The van der Waals surface area contributed by atoms with E-state index < -0.39 is 23.7 Å². The van der Waals surface area contributed by atoms with Crippen LogP contribution in [0, 0.1) is 5.92 Å². The fourth-order valence-electron chi connectivity index (χ4n) is 4.30. The van der Waals surface area contributed by atoms with Gasteiger partial charge in [0.2, 0.25) is 5.91 Å². The van der Waals surface area contributed by atoms with Crippen molar-refractivity contribution < 1.29 is 24.0 Å². The fraction of sp³-hybridized carbons (Fsp3) is 0.292. The lowest BCUT2D eigenvalue weighted by molar-refractivity contribution is -0.145. The molecule has 0 radical (unpaired) electrons. The Morgan fingerprint density at radius 3 is 2.53 bits per heavy atom. The van der Waals surface area contributed by atoms with Gasteiger partial charge < -0.3 is 19.7 Å². The third-order valence-corrected chi connectivity index (χ3v) is 7.13. The summed E-state index contributed by atoms with van der Waals surface area (Å²) in [5.74, 6) is -1.90. The number of ether oxygens (including phenoxy) is 1. The first-order valence-electron chi connectivity index (χ1n) is 10.7. The maximum Gasteiger partial charge on any atom is 0.316 e. The molecule has 2 fully saturated rings. The van der Waals surface area contributed by atoms with Gasteiger partial charge in [-0.15, -0.1) is 0 Å². The number of nitrogens with zero attached hydrogens (tertiary/aromatic N) is 1. The second-order valence-corrected chi connectivity index (χ2v) is 9.61. The van der Waals surface area contributed by atoms with Crippen LogP contribution >= 0.6 is 34.8 Å². The van der Waals surface area contributed by atoms with E-state index in [1.54, 1.807) is 36.4 Å². The van der Waals surface area contributed by atoms with Crippen molar-refractivity contribution in [1.82, 2.24) is 10.5 Å². The van der Waals surface area contributed by atoms with E-state index in [0.717, 1.165) is 24.2 Å². The SMILES string of the molecule is O=C(O)C1C(=O)NCC1c1ccc(OCc2c(-c3c(Cl)cccc3Cl)noc2C2CC2)cc1Cl. The topological polar surface area (TPSA) is 102 Å². The number of rotatable bonds is 7. The van der Waals surface area contributed by atoms with Crippen LogP contribution in [0.3, 0.4) is 0 Å². The molecule has 3 aromatic rings. The number of amides is 1. The van der Waals surface area contributed by atoms with E-state index in [-0.39, 0.29) is 19.1 Å². The molecule has 1 aliphatic heterocycles. The predicted octanol–water partition coefficient (Wildman–Crippen LogP) is 5.67. The van der Waals surface area contributed by atoms with E-state index in [1.807, 2.05) is 0 Å². The second-order valence-electron chi connectivity index (χ2n) is 8.38. The van der Waals surface area contributed by atoms with Gasteiger partial charge >= 0.3 is 5.97 Å². The molecule has 0 spiro atoms. The number of carbonyl (C=O) groups is 2. The molecule has 34 heavy (non-hydrogen) atoms. The molecular formula is C24H19Cl3N2O5. The molecule has 2 unspecified atom stereocenters. The van der Waals surface area contributed by atoms with Crippen LogP contribution in [0.15, 0.2) is 40.9 Å². The highest BCUT2D eigenvalue weighted by Gasteiger charge is 2.42. The maximum atomic E-state index is 11.9. The minimum absolute atomic E-state index is 0.156. The zero-order chi connectivity index (χ0) is 24.0. The summed E-state index contributed by atoms with van der Waals surface area (Å²) < 4.78 is 11.7. The molecule has 10 heteroatoms. The summed E-state index contributed by atoms with van der Waals surface area (Å²) in [4.78, 5) is 23.4. The zero-order valence-corrected chi connectivity index (χ0v) is 20.0. The Bertz CT molecular complexity index is 1270. The van der Waals surface area contributed by atoms with E-state index in [0.29, 0.717) is 37.6 Å². The summed E-state index contributed by atoms with van der Waals surface area (Å²) in [5, 5.41) is 17.5. The molecule has 1 amide bonds. The Balaban J connectivity index is 1.41. The highest BCUT2D eigenvalue weighted by atomic mass is 35.5. The van der Waals surface area contributed by atoms with Crippen LogP contribution in [-0.2, 0) is 16.2 Å². The van der Waals surface area contributed by atoms with Gasteiger partial charge in [-0.05, 0) is 42.7 Å². The number of aliphatic carboxylic acids is 1. The lowest BCUT2D eigenvalue weighted by Gasteiger charge is -2.16. The maximum absolute atomic E-state index is 11.9. The molecule has 2 N–H and O–H groups in total. The van der Waals surface area contributed by atoms with E-state index in [4.69, 9.17) is 44.1 Å². The van der Waals surface area contributed by atoms with Gasteiger partial charge in [-0.25, -0.2) is 0 Å². The lowest BCUT2D eigenvalue weighted by atomic mass is 9.88. The summed E-state index contributed by atoms with van der Waals surface area (Å²) in [6.45, 7) is 0.367. The van der Waals surface area contributed by atoms with Crippen molar-refractivity contribution in [3.8, 4) is 17.0 Å². The molecule has 176 valence electrons. The number of carbonyl (C=O) groups excluding carboxylic acids is 1. The van der Waals surface area contributed by atoms with E-state index >= 15 is 0 Å². The molecular weight excluding hydrogens is 503 g/mol. The van der Waals surface area contributed by atoms with Crippen molar-refractivity contribution >= 4 is 46.7 Å². The Labute approximate surface area is 209 Å². The molecule has 5 rings (SSSR count). The van der Waals surface area contributed by atoms with Gasteiger partial charge in [0.15, 0.2) is 0 Å². The third kappa shape index (κ3) is 4.24.